The SMILES string of the molecule is CCc1ccc(C(C)=O)c2c1CCC2. The molecule has 0 radical (unpaired) electrons. The minimum atomic E-state index is 0.214. The van der Waals surface area contributed by atoms with Crippen LogP contribution in [0.5, 0.6) is 0 Å². The molecule has 0 aliphatic heterocycles. The molecule has 0 spiro atoms. The molecule has 14 heavy (non-hydrogen) atoms. The topological polar surface area (TPSA) is 17.1 Å². The van der Waals surface area contributed by atoms with E-state index in [-0.39, 0.29) is 5.78 Å². The zero-order valence-electron chi connectivity index (χ0n) is 8.89. The molecule has 74 valence electrons. The van der Waals surface area contributed by atoms with Gasteiger partial charge in [-0.25, -0.2) is 0 Å². The van der Waals surface area contributed by atoms with E-state index in [1.165, 1.54) is 29.5 Å². The molecule has 0 bridgehead atoms. The summed E-state index contributed by atoms with van der Waals surface area (Å²) in [5.41, 5.74) is 5.18. The molecular formula is C13H16O. The van der Waals surface area contributed by atoms with E-state index in [1.807, 2.05) is 6.07 Å². The lowest BCUT2D eigenvalue weighted by atomic mass is 9.95. The summed E-state index contributed by atoms with van der Waals surface area (Å²) in [7, 11) is 0. The van der Waals surface area contributed by atoms with Gasteiger partial charge in [0.1, 0.15) is 0 Å². The van der Waals surface area contributed by atoms with Gasteiger partial charge in [-0.05, 0) is 49.3 Å². The Balaban J connectivity index is 2.58. The Morgan fingerprint density at radius 2 is 2.00 bits per heavy atom. The average molecular weight is 188 g/mol. The van der Waals surface area contributed by atoms with Crippen LogP contribution >= 0.6 is 0 Å². The van der Waals surface area contributed by atoms with Crippen LogP contribution in [0.4, 0.5) is 0 Å². The molecule has 0 atom stereocenters. The second kappa shape index (κ2) is 3.56. The molecule has 1 aliphatic rings. The summed E-state index contributed by atoms with van der Waals surface area (Å²) >= 11 is 0. The van der Waals surface area contributed by atoms with E-state index < -0.39 is 0 Å². The van der Waals surface area contributed by atoms with Crippen molar-refractivity contribution in [2.24, 2.45) is 0 Å². The van der Waals surface area contributed by atoms with Crippen molar-refractivity contribution in [3.63, 3.8) is 0 Å². The number of carbonyl (C=O) groups is 1. The van der Waals surface area contributed by atoms with E-state index in [1.54, 1.807) is 6.92 Å². The van der Waals surface area contributed by atoms with E-state index in [0.29, 0.717) is 0 Å². The number of fused-ring (bicyclic) bond motifs is 1. The predicted molar refractivity (Wildman–Crippen MR) is 57.8 cm³/mol. The Kier molecular flexibility index (Phi) is 2.40. The van der Waals surface area contributed by atoms with Gasteiger partial charge in [0.15, 0.2) is 5.78 Å². The lowest BCUT2D eigenvalue weighted by molar-refractivity contribution is 0.101. The highest BCUT2D eigenvalue weighted by Gasteiger charge is 2.19. The first-order valence-electron chi connectivity index (χ1n) is 5.38. The molecule has 0 saturated carbocycles. The van der Waals surface area contributed by atoms with Gasteiger partial charge >= 0.3 is 0 Å². The Hall–Kier alpha value is -1.11. The largest absolute Gasteiger partial charge is 0.295 e. The number of rotatable bonds is 2. The van der Waals surface area contributed by atoms with E-state index in [4.69, 9.17) is 0 Å². The maximum Gasteiger partial charge on any atom is 0.160 e. The van der Waals surface area contributed by atoms with Gasteiger partial charge in [0.25, 0.3) is 0 Å². The molecule has 1 nitrogen and oxygen atoms in total. The molecule has 0 heterocycles. The third-order valence-electron chi connectivity index (χ3n) is 3.14. The lowest BCUT2D eigenvalue weighted by Gasteiger charge is -2.09. The van der Waals surface area contributed by atoms with Crippen molar-refractivity contribution in [3.8, 4) is 0 Å². The van der Waals surface area contributed by atoms with Crippen LogP contribution in [0, 0.1) is 0 Å². The monoisotopic (exact) mass is 188 g/mol. The van der Waals surface area contributed by atoms with Crippen molar-refractivity contribution >= 4 is 5.78 Å². The van der Waals surface area contributed by atoms with Crippen molar-refractivity contribution in [2.75, 3.05) is 0 Å². The van der Waals surface area contributed by atoms with E-state index >= 15 is 0 Å². The number of benzene rings is 1. The highest BCUT2D eigenvalue weighted by Crippen LogP contribution is 2.29. The number of ketones is 1. The number of Topliss-reactive ketones (excluding diaryl/α,β-unsaturated/α-hetero) is 1. The maximum absolute atomic E-state index is 11.4. The van der Waals surface area contributed by atoms with Gasteiger partial charge in [0.2, 0.25) is 0 Å². The van der Waals surface area contributed by atoms with Gasteiger partial charge in [-0.15, -0.1) is 0 Å². The van der Waals surface area contributed by atoms with Crippen molar-refractivity contribution in [2.45, 2.75) is 39.5 Å². The van der Waals surface area contributed by atoms with Crippen LogP contribution in [0.15, 0.2) is 12.1 Å². The highest BCUT2D eigenvalue weighted by atomic mass is 16.1. The Bertz CT molecular complexity index is 377. The van der Waals surface area contributed by atoms with Crippen LogP contribution in [0.25, 0.3) is 0 Å². The third-order valence-corrected chi connectivity index (χ3v) is 3.14. The molecule has 1 aliphatic carbocycles. The van der Waals surface area contributed by atoms with Crippen LogP contribution in [0.2, 0.25) is 0 Å². The van der Waals surface area contributed by atoms with Crippen molar-refractivity contribution in [1.29, 1.82) is 0 Å². The minimum absolute atomic E-state index is 0.214. The Morgan fingerprint density at radius 3 is 2.64 bits per heavy atom. The molecule has 1 aromatic carbocycles. The summed E-state index contributed by atoms with van der Waals surface area (Å²) in [5.74, 6) is 0.214. The summed E-state index contributed by atoms with van der Waals surface area (Å²) in [5, 5.41) is 0. The lowest BCUT2D eigenvalue weighted by Crippen LogP contribution is -2.01. The second-order valence-electron chi connectivity index (χ2n) is 3.99. The van der Waals surface area contributed by atoms with E-state index in [0.717, 1.165) is 18.4 Å². The van der Waals surface area contributed by atoms with Crippen LogP contribution in [-0.2, 0) is 19.3 Å². The van der Waals surface area contributed by atoms with Gasteiger partial charge in [-0.3, -0.25) is 4.79 Å². The summed E-state index contributed by atoms with van der Waals surface area (Å²) in [6, 6.07) is 4.13. The first-order chi connectivity index (χ1) is 6.74. The Morgan fingerprint density at radius 1 is 1.29 bits per heavy atom. The van der Waals surface area contributed by atoms with Crippen LogP contribution < -0.4 is 0 Å². The van der Waals surface area contributed by atoms with Gasteiger partial charge in [-0.2, -0.15) is 0 Å². The molecule has 0 saturated heterocycles. The van der Waals surface area contributed by atoms with Gasteiger partial charge in [0, 0.05) is 5.56 Å². The number of hydrogen-bond acceptors (Lipinski definition) is 1. The number of hydrogen-bond donors (Lipinski definition) is 0. The molecule has 0 unspecified atom stereocenters. The fourth-order valence-corrected chi connectivity index (χ4v) is 2.44. The zero-order chi connectivity index (χ0) is 10.1. The number of carbonyl (C=O) groups excluding carboxylic acids is 1. The first-order valence-corrected chi connectivity index (χ1v) is 5.38. The van der Waals surface area contributed by atoms with Crippen molar-refractivity contribution in [1.82, 2.24) is 0 Å². The number of aryl methyl sites for hydroxylation is 1. The predicted octanol–water partition coefficient (Wildman–Crippen LogP) is 2.94. The van der Waals surface area contributed by atoms with Crippen LogP contribution in [0.1, 0.15) is 47.3 Å². The smallest absolute Gasteiger partial charge is 0.160 e. The Labute approximate surface area is 85.1 Å². The van der Waals surface area contributed by atoms with Gasteiger partial charge in [0.05, 0.1) is 0 Å². The average Bonchev–Trinajstić information content (AvgIpc) is 2.64. The molecule has 0 N–H and O–H groups in total. The third kappa shape index (κ3) is 1.37. The molecule has 0 fully saturated rings. The maximum atomic E-state index is 11.4. The molecule has 0 aromatic heterocycles. The first kappa shape index (κ1) is 9.45. The summed E-state index contributed by atoms with van der Waals surface area (Å²) in [4.78, 5) is 11.4. The molecule has 1 heteroatoms. The normalized spacial score (nSPS) is 14.1. The van der Waals surface area contributed by atoms with Gasteiger partial charge < -0.3 is 0 Å². The summed E-state index contributed by atoms with van der Waals surface area (Å²) < 4.78 is 0. The van der Waals surface area contributed by atoms with Crippen molar-refractivity contribution < 1.29 is 4.79 Å². The van der Waals surface area contributed by atoms with Crippen LogP contribution in [0.3, 0.4) is 0 Å². The van der Waals surface area contributed by atoms with E-state index in [2.05, 4.69) is 13.0 Å². The fourth-order valence-electron chi connectivity index (χ4n) is 2.44. The standard InChI is InChI=1S/C13H16O/c1-3-10-7-8-11(9(2)14)13-6-4-5-12(10)13/h7-8H,3-6H2,1-2H3. The van der Waals surface area contributed by atoms with Crippen molar-refractivity contribution in [3.05, 3.63) is 34.4 Å². The second-order valence-corrected chi connectivity index (χ2v) is 3.99. The molecule has 2 rings (SSSR count). The summed E-state index contributed by atoms with van der Waals surface area (Å²) in [6.45, 7) is 3.85. The van der Waals surface area contributed by atoms with Gasteiger partial charge in [-0.1, -0.05) is 19.1 Å². The zero-order valence-corrected chi connectivity index (χ0v) is 8.89. The quantitative estimate of drug-likeness (QED) is 0.652. The van der Waals surface area contributed by atoms with Crippen LogP contribution in [-0.4, -0.2) is 5.78 Å². The molecule has 0 amide bonds. The summed E-state index contributed by atoms with van der Waals surface area (Å²) in [6.07, 6.45) is 4.56. The molecular weight excluding hydrogens is 172 g/mol. The minimum Gasteiger partial charge on any atom is -0.295 e. The fraction of sp³-hybridized carbons (Fsp3) is 0.462. The van der Waals surface area contributed by atoms with E-state index in [9.17, 15) is 4.79 Å². The molecule has 1 aromatic rings. The highest BCUT2D eigenvalue weighted by molar-refractivity contribution is 5.96.